The number of hydrogen-bond acceptors (Lipinski definition) is 2. The molecule has 0 aliphatic heterocycles. The second kappa shape index (κ2) is 6.86. The summed E-state index contributed by atoms with van der Waals surface area (Å²) in [4.78, 5) is 7.46. The Morgan fingerprint density at radius 3 is 2.90 bits per heavy atom. The summed E-state index contributed by atoms with van der Waals surface area (Å²) in [6.07, 6.45) is 2.15. The van der Waals surface area contributed by atoms with Crippen LogP contribution in [0.1, 0.15) is 30.9 Å². The molecule has 2 N–H and O–H groups in total. The van der Waals surface area contributed by atoms with Crippen LogP contribution in [-0.2, 0) is 13.0 Å². The maximum Gasteiger partial charge on any atom is 0.128 e. The molecule has 0 spiro atoms. The number of H-pyrrole nitrogens is 1. The quantitative estimate of drug-likeness (QED) is 0.856. The molecular weight excluding hydrogens is 277 g/mol. The smallest absolute Gasteiger partial charge is 0.128 e. The van der Waals surface area contributed by atoms with Crippen LogP contribution in [0.25, 0.3) is 0 Å². The van der Waals surface area contributed by atoms with Crippen molar-refractivity contribution in [2.75, 3.05) is 6.54 Å². The van der Waals surface area contributed by atoms with E-state index in [-0.39, 0.29) is 5.82 Å². The van der Waals surface area contributed by atoms with Crippen molar-refractivity contribution in [3.63, 3.8) is 0 Å². The number of hydrogen-bond donors (Lipinski definition) is 2. The highest BCUT2D eigenvalue weighted by Crippen LogP contribution is 2.21. The zero-order chi connectivity index (χ0) is 14.5. The summed E-state index contributed by atoms with van der Waals surface area (Å²) in [5.74, 6) is 1.03. The molecule has 1 aromatic heterocycles. The van der Waals surface area contributed by atoms with E-state index >= 15 is 0 Å². The summed E-state index contributed by atoms with van der Waals surface area (Å²) < 4.78 is 13.7. The van der Waals surface area contributed by atoms with Crippen molar-refractivity contribution >= 4 is 11.6 Å². The molecule has 20 heavy (non-hydrogen) atoms. The maximum atomic E-state index is 13.7. The first-order valence-electron chi connectivity index (χ1n) is 6.72. The van der Waals surface area contributed by atoms with Crippen molar-refractivity contribution in [2.24, 2.45) is 5.92 Å². The molecular formula is C15H19ClFN3. The predicted octanol–water partition coefficient (Wildman–Crippen LogP) is 3.54. The molecule has 0 atom stereocenters. The molecule has 0 unspecified atom stereocenters. The van der Waals surface area contributed by atoms with Crippen LogP contribution in [0.3, 0.4) is 0 Å². The Morgan fingerprint density at radius 1 is 1.40 bits per heavy atom. The summed E-state index contributed by atoms with van der Waals surface area (Å²) in [6.45, 7) is 6.00. The van der Waals surface area contributed by atoms with Gasteiger partial charge in [0.1, 0.15) is 11.6 Å². The van der Waals surface area contributed by atoms with Gasteiger partial charge in [-0.3, -0.25) is 0 Å². The highest BCUT2D eigenvalue weighted by molar-refractivity contribution is 6.31. The van der Waals surface area contributed by atoms with Crippen molar-refractivity contribution in [3.05, 3.63) is 52.3 Å². The van der Waals surface area contributed by atoms with E-state index in [4.69, 9.17) is 11.6 Å². The van der Waals surface area contributed by atoms with Gasteiger partial charge in [0.05, 0.1) is 0 Å². The fourth-order valence-electron chi connectivity index (χ4n) is 1.95. The largest absolute Gasteiger partial charge is 0.345 e. The van der Waals surface area contributed by atoms with Gasteiger partial charge in [0.25, 0.3) is 0 Å². The molecule has 3 nitrogen and oxygen atoms in total. The second-order valence-corrected chi connectivity index (χ2v) is 5.66. The lowest BCUT2D eigenvalue weighted by Crippen LogP contribution is -2.19. The first kappa shape index (κ1) is 15.0. The number of nitrogens with one attached hydrogen (secondary N) is 2. The minimum absolute atomic E-state index is 0.298. The Balaban J connectivity index is 1.99. The fourth-order valence-corrected chi connectivity index (χ4v) is 2.18. The molecule has 0 amide bonds. The molecule has 0 bridgehead atoms. The minimum atomic E-state index is -0.298. The Morgan fingerprint density at radius 2 is 2.20 bits per heavy atom. The Hall–Kier alpha value is -1.39. The number of halogens is 2. The highest BCUT2D eigenvalue weighted by atomic mass is 35.5. The van der Waals surface area contributed by atoms with Crippen molar-refractivity contribution in [1.29, 1.82) is 0 Å². The van der Waals surface area contributed by atoms with E-state index in [0.717, 1.165) is 24.6 Å². The van der Waals surface area contributed by atoms with Gasteiger partial charge >= 0.3 is 0 Å². The van der Waals surface area contributed by atoms with Crippen LogP contribution >= 0.6 is 11.6 Å². The lowest BCUT2D eigenvalue weighted by atomic mass is 10.1. The molecule has 0 aliphatic carbocycles. The predicted molar refractivity (Wildman–Crippen MR) is 79.3 cm³/mol. The zero-order valence-corrected chi connectivity index (χ0v) is 12.5. The normalized spacial score (nSPS) is 11.2. The van der Waals surface area contributed by atoms with Crippen LogP contribution in [0.5, 0.6) is 0 Å². The number of imidazole rings is 1. The number of nitrogens with zero attached hydrogens (tertiary/aromatic N) is 1. The van der Waals surface area contributed by atoms with E-state index in [1.165, 1.54) is 6.07 Å². The van der Waals surface area contributed by atoms with Gasteiger partial charge in [-0.1, -0.05) is 31.5 Å². The molecule has 0 saturated heterocycles. The van der Waals surface area contributed by atoms with Gasteiger partial charge in [0.2, 0.25) is 0 Å². The zero-order valence-electron chi connectivity index (χ0n) is 11.7. The number of aromatic amines is 1. The van der Waals surface area contributed by atoms with Crippen molar-refractivity contribution in [1.82, 2.24) is 15.3 Å². The van der Waals surface area contributed by atoms with Gasteiger partial charge in [0.15, 0.2) is 0 Å². The number of benzene rings is 1. The van der Waals surface area contributed by atoms with Crippen molar-refractivity contribution in [2.45, 2.75) is 26.8 Å². The third kappa shape index (κ3) is 4.05. The summed E-state index contributed by atoms with van der Waals surface area (Å²) in [7, 11) is 0. The molecule has 1 aromatic carbocycles. The van der Waals surface area contributed by atoms with Gasteiger partial charge in [-0.25, -0.2) is 9.37 Å². The maximum absolute atomic E-state index is 13.7. The molecule has 108 valence electrons. The number of rotatable bonds is 6. The van der Waals surface area contributed by atoms with Crippen LogP contribution in [0.2, 0.25) is 5.02 Å². The molecule has 1 heterocycles. The Labute approximate surface area is 123 Å². The van der Waals surface area contributed by atoms with Gasteiger partial charge < -0.3 is 10.3 Å². The average molecular weight is 296 g/mol. The van der Waals surface area contributed by atoms with Crippen LogP contribution in [0.4, 0.5) is 4.39 Å². The topological polar surface area (TPSA) is 40.7 Å². The first-order valence-corrected chi connectivity index (χ1v) is 7.10. The third-order valence-electron chi connectivity index (χ3n) is 2.96. The molecule has 0 fully saturated rings. The van der Waals surface area contributed by atoms with E-state index in [0.29, 0.717) is 22.9 Å². The molecule has 2 aromatic rings. The summed E-state index contributed by atoms with van der Waals surface area (Å²) >= 11 is 6.01. The van der Waals surface area contributed by atoms with Gasteiger partial charge in [-0.05, 0) is 24.6 Å². The van der Waals surface area contributed by atoms with Crippen LogP contribution in [0.15, 0.2) is 24.4 Å². The van der Waals surface area contributed by atoms with E-state index in [1.54, 1.807) is 18.3 Å². The van der Waals surface area contributed by atoms with E-state index in [1.807, 2.05) is 0 Å². The number of aromatic nitrogens is 2. The molecule has 0 saturated carbocycles. The van der Waals surface area contributed by atoms with E-state index < -0.39 is 0 Å². The molecule has 0 radical (unpaired) electrons. The molecule has 5 heteroatoms. The first-order chi connectivity index (χ1) is 9.56. The third-order valence-corrected chi connectivity index (χ3v) is 3.31. The van der Waals surface area contributed by atoms with Crippen LogP contribution in [0, 0.1) is 11.7 Å². The Bertz CT molecular complexity index is 546. The average Bonchev–Trinajstić information content (AvgIpc) is 2.81. The van der Waals surface area contributed by atoms with Crippen LogP contribution < -0.4 is 5.32 Å². The summed E-state index contributed by atoms with van der Waals surface area (Å²) in [5.41, 5.74) is 1.47. The van der Waals surface area contributed by atoms with Gasteiger partial charge in [-0.2, -0.15) is 0 Å². The van der Waals surface area contributed by atoms with E-state index in [2.05, 4.69) is 29.1 Å². The van der Waals surface area contributed by atoms with E-state index in [9.17, 15) is 4.39 Å². The lowest BCUT2D eigenvalue weighted by molar-refractivity contribution is 0.548. The summed E-state index contributed by atoms with van der Waals surface area (Å²) in [5, 5.41) is 3.76. The Kier molecular flexibility index (Phi) is 5.15. The monoisotopic (exact) mass is 295 g/mol. The second-order valence-electron chi connectivity index (χ2n) is 5.26. The van der Waals surface area contributed by atoms with Crippen molar-refractivity contribution < 1.29 is 4.39 Å². The molecule has 2 rings (SSSR count). The SMILES string of the molecule is CC(C)CNCc1cnc(Cc2c(F)cccc2Cl)[nH]1. The van der Waals surface area contributed by atoms with Crippen LogP contribution in [-0.4, -0.2) is 16.5 Å². The fraction of sp³-hybridized carbons (Fsp3) is 0.400. The lowest BCUT2D eigenvalue weighted by Gasteiger charge is -2.05. The summed E-state index contributed by atoms with van der Waals surface area (Å²) in [6, 6.07) is 4.70. The minimum Gasteiger partial charge on any atom is -0.345 e. The van der Waals surface area contributed by atoms with Crippen molar-refractivity contribution in [3.8, 4) is 0 Å². The highest BCUT2D eigenvalue weighted by Gasteiger charge is 2.10. The standard InChI is InChI=1S/C15H19ClFN3/c1-10(2)7-18-8-11-9-19-15(20-11)6-12-13(16)4-3-5-14(12)17/h3-5,9-10,18H,6-8H2,1-2H3,(H,19,20). The molecule has 0 aliphatic rings. The van der Waals surface area contributed by atoms with Gasteiger partial charge in [0, 0.05) is 35.4 Å². The van der Waals surface area contributed by atoms with Gasteiger partial charge in [-0.15, -0.1) is 0 Å².